The predicted octanol–water partition coefficient (Wildman–Crippen LogP) is 1.55. The number of hydrogen-bond donors (Lipinski definition) is 0. The molecule has 4 rings (SSSR count). The van der Waals surface area contributed by atoms with Crippen LogP contribution in [0.25, 0.3) is 0 Å². The number of benzene rings is 1. The lowest BCUT2D eigenvalue weighted by Gasteiger charge is -2.35. The van der Waals surface area contributed by atoms with Crippen molar-refractivity contribution in [1.29, 1.82) is 0 Å². The van der Waals surface area contributed by atoms with Gasteiger partial charge in [-0.1, -0.05) is 18.2 Å². The predicted molar refractivity (Wildman–Crippen MR) is 86.4 cm³/mol. The van der Waals surface area contributed by atoms with Gasteiger partial charge in [-0.25, -0.2) is 0 Å². The Bertz CT molecular complexity index is 692. The summed E-state index contributed by atoms with van der Waals surface area (Å²) in [6.45, 7) is 2.13. The maximum absolute atomic E-state index is 12.4. The number of amides is 2. The molecule has 0 N–H and O–H groups in total. The van der Waals surface area contributed by atoms with Crippen LogP contribution in [0, 0.1) is 5.92 Å². The first-order chi connectivity index (χ1) is 11.7. The third-order valence-electron chi connectivity index (χ3n) is 4.80. The highest BCUT2D eigenvalue weighted by atomic mass is 16.7. The molecule has 1 fully saturated rings. The van der Waals surface area contributed by atoms with E-state index in [4.69, 9.17) is 9.47 Å². The maximum atomic E-state index is 12.4. The summed E-state index contributed by atoms with van der Waals surface area (Å²) in [5.41, 5.74) is 1.01. The van der Waals surface area contributed by atoms with Gasteiger partial charge in [-0.15, -0.1) is 0 Å². The zero-order chi connectivity index (χ0) is 16.5. The van der Waals surface area contributed by atoms with Crippen LogP contribution in [0.15, 0.2) is 30.4 Å². The van der Waals surface area contributed by atoms with Crippen molar-refractivity contribution in [2.75, 3.05) is 26.4 Å². The Labute approximate surface area is 140 Å². The molecule has 1 aromatic rings. The lowest BCUT2D eigenvalue weighted by Crippen LogP contribution is -2.53. The van der Waals surface area contributed by atoms with Crippen molar-refractivity contribution in [3.8, 4) is 11.5 Å². The van der Waals surface area contributed by atoms with E-state index in [0.717, 1.165) is 29.9 Å². The minimum Gasteiger partial charge on any atom is -0.454 e. The van der Waals surface area contributed by atoms with Crippen molar-refractivity contribution in [3.63, 3.8) is 0 Å². The van der Waals surface area contributed by atoms with Crippen LogP contribution in [-0.4, -0.2) is 48.0 Å². The number of nitrogens with zero attached hydrogens (tertiary/aromatic N) is 2. The number of hydrogen-bond acceptors (Lipinski definition) is 4. The molecule has 0 radical (unpaired) electrons. The van der Waals surface area contributed by atoms with Crippen molar-refractivity contribution in [2.45, 2.75) is 19.4 Å². The van der Waals surface area contributed by atoms with Gasteiger partial charge >= 0.3 is 0 Å². The third-order valence-corrected chi connectivity index (χ3v) is 4.80. The summed E-state index contributed by atoms with van der Waals surface area (Å²) < 4.78 is 10.7. The molecule has 2 aliphatic heterocycles. The van der Waals surface area contributed by atoms with Crippen molar-refractivity contribution in [2.24, 2.45) is 5.92 Å². The standard InChI is InChI=1S/C18H20N2O4/c21-17-11-20(18(22)14-3-1-2-4-14)8-7-19(17)10-13-5-6-15-16(9-13)24-12-23-15/h1-2,5-6,9,14H,3-4,7-8,10-12H2. The Balaban J connectivity index is 1.37. The van der Waals surface area contributed by atoms with Gasteiger partial charge in [0.25, 0.3) is 0 Å². The van der Waals surface area contributed by atoms with Gasteiger partial charge < -0.3 is 19.3 Å². The van der Waals surface area contributed by atoms with Crippen LogP contribution < -0.4 is 9.47 Å². The summed E-state index contributed by atoms with van der Waals surface area (Å²) in [6.07, 6.45) is 5.68. The molecule has 24 heavy (non-hydrogen) atoms. The average molecular weight is 328 g/mol. The molecule has 0 unspecified atom stereocenters. The molecule has 2 amide bonds. The smallest absolute Gasteiger partial charge is 0.242 e. The summed E-state index contributed by atoms with van der Waals surface area (Å²) in [7, 11) is 0. The summed E-state index contributed by atoms with van der Waals surface area (Å²) in [5, 5.41) is 0. The second-order valence-electron chi connectivity index (χ2n) is 6.40. The molecule has 0 atom stereocenters. The molecule has 0 aromatic heterocycles. The van der Waals surface area contributed by atoms with Crippen LogP contribution in [0.4, 0.5) is 0 Å². The lowest BCUT2D eigenvalue weighted by molar-refractivity contribution is -0.147. The Kier molecular flexibility index (Phi) is 3.88. The van der Waals surface area contributed by atoms with E-state index in [1.807, 2.05) is 30.4 Å². The molecule has 126 valence electrons. The van der Waals surface area contributed by atoms with Crippen molar-refractivity contribution >= 4 is 11.8 Å². The molecule has 1 aromatic carbocycles. The first-order valence-corrected chi connectivity index (χ1v) is 8.31. The van der Waals surface area contributed by atoms with Gasteiger partial charge in [0.15, 0.2) is 11.5 Å². The molecular weight excluding hydrogens is 308 g/mol. The monoisotopic (exact) mass is 328 g/mol. The highest BCUT2D eigenvalue weighted by molar-refractivity contribution is 5.87. The Morgan fingerprint density at radius 3 is 2.71 bits per heavy atom. The normalized spacial score (nSPS) is 20.1. The number of piperazine rings is 1. The van der Waals surface area contributed by atoms with Crippen LogP contribution in [-0.2, 0) is 16.1 Å². The lowest BCUT2D eigenvalue weighted by atomic mass is 10.1. The minimum absolute atomic E-state index is 0.00165. The van der Waals surface area contributed by atoms with Crippen LogP contribution in [0.5, 0.6) is 11.5 Å². The molecule has 0 spiro atoms. The number of carbonyl (C=O) groups is 2. The number of allylic oxidation sites excluding steroid dienone is 2. The molecule has 6 nitrogen and oxygen atoms in total. The van der Waals surface area contributed by atoms with E-state index >= 15 is 0 Å². The second-order valence-corrected chi connectivity index (χ2v) is 6.40. The quantitative estimate of drug-likeness (QED) is 0.790. The SMILES string of the molecule is O=C1CN(C(=O)C2CC=CC2)CCN1Cc1ccc2c(c1)OCO2. The van der Waals surface area contributed by atoms with Gasteiger partial charge in [-0.3, -0.25) is 9.59 Å². The molecule has 6 heteroatoms. The van der Waals surface area contributed by atoms with E-state index in [9.17, 15) is 9.59 Å². The van der Waals surface area contributed by atoms with Gasteiger partial charge in [-0.05, 0) is 30.5 Å². The molecular formula is C18H20N2O4. The van der Waals surface area contributed by atoms with Crippen molar-refractivity contribution < 1.29 is 19.1 Å². The largest absolute Gasteiger partial charge is 0.454 e. The zero-order valence-corrected chi connectivity index (χ0v) is 13.4. The summed E-state index contributed by atoms with van der Waals surface area (Å²) >= 11 is 0. The van der Waals surface area contributed by atoms with Crippen molar-refractivity contribution in [3.05, 3.63) is 35.9 Å². The number of ether oxygens (including phenoxy) is 2. The second kappa shape index (κ2) is 6.19. The van der Waals surface area contributed by atoms with E-state index < -0.39 is 0 Å². The van der Waals surface area contributed by atoms with E-state index in [1.165, 1.54) is 0 Å². The maximum Gasteiger partial charge on any atom is 0.242 e. The number of carbonyl (C=O) groups excluding carboxylic acids is 2. The number of rotatable bonds is 3. The fourth-order valence-corrected chi connectivity index (χ4v) is 3.40. The van der Waals surface area contributed by atoms with Crippen LogP contribution in [0.1, 0.15) is 18.4 Å². The summed E-state index contributed by atoms with van der Waals surface area (Å²) in [4.78, 5) is 28.4. The van der Waals surface area contributed by atoms with E-state index in [0.29, 0.717) is 19.6 Å². The van der Waals surface area contributed by atoms with Crippen LogP contribution >= 0.6 is 0 Å². The summed E-state index contributed by atoms with van der Waals surface area (Å²) in [5.74, 6) is 1.60. The van der Waals surface area contributed by atoms with Gasteiger partial charge in [-0.2, -0.15) is 0 Å². The van der Waals surface area contributed by atoms with E-state index in [-0.39, 0.29) is 31.1 Å². The summed E-state index contributed by atoms with van der Waals surface area (Å²) in [6, 6.07) is 5.73. The first kappa shape index (κ1) is 15.1. The number of fused-ring (bicyclic) bond motifs is 1. The molecule has 3 aliphatic rings. The highest BCUT2D eigenvalue weighted by Crippen LogP contribution is 2.33. The fraction of sp³-hybridized carbons (Fsp3) is 0.444. The Hall–Kier alpha value is -2.50. The molecule has 0 bridgehead atoms. The Morgan fingerprint density at radius 1 is 1.12 bits per heavy atom. The van der Waals surface area contributed by atoms with Gasteiger partial charge in [0, 0.05) is 25.6 Å². The molecule has 1 aliphatic carbocycles. The van der Waals surface area contributed by atoms with E-state index in [2.05, 4.69) is 0 Å². The van der Waals surface area contributed by atoms with Gasteiger partial charge in [0.1, 0.15) is 0 Å². The average Bonchev–Trinajstić information content (AvgIpc) is 3.27. The molecule has 2 heterocycles. The molecule has 1 saturated heterocycles. The fourth-order valence-electron chi connectivity index (χ4n) is 3.40. The van der Waals surface area contributed by atoms with Gasteiger partial charge in [0.2, 0.25) is 18.6 Å². The first-order valence-electron chi connectivity index (χ1n) is 8.31. The van der Waals surface area contributed by atoms with Crippen LogP contribution in [0.3, 0.4) is 0 Å². The van der Waals surface area contributed by atoms with Gasteiger partial charge in [0.05, 0.1) is 6.54 Å². The highest BCUT2D eigenvalue weighted by Gasteiger charge is 2.31. The topological polar surface area (TPSA) is 59.1 Å². The Morgan fingerprint density at radius 2 is 1.92 bits per heavy atom. The zero-order valence-electron chi connectivity index (χ0n) is 13.4. The van der Waals surface area contributed by atoms with E-state index in [1.54, 1.807) is 9.80 Å². The minimum atomic E-state index is -0.00165. The third kappa shape index (κ3) is 2.84. The molecule has 0 saturated carbocycles. The van der Waals surface area contributed by atoms with Crippen LogP contribution in [0.2, 0.25) is 0 Å². The van der Waals surface area contributed by atoms with Crippen molar-refractivity contribution in [1.82, 2.24) is 9.80 Å².